The topological polar surface area (TPSA) is 108 Å². The molecule has 1 aliphatic heterocycles. The van der Waals surface area contributed by atoms with E-state index in [9.17, 15) is 19.2 Å². The lowest BCUT2D eigenvalue weighted by molar-refractivity contribution is -0.153. The Morgan fingerprint density at radius 3 is 2.37 bits per heavy atom. The molecule has 0 saturated carbocycles. The fourth-order valence-corrected chi connectivity index (χ4v) is 3.23. The Balaban J connectivity index is 1.55. The molecule has 0 fully saturated rings. The zero-order valence-electron chi connectivity index (χ0n) is 16.0. The number of hydrogen-bond donors (Lipinski definition) is 1. The lowest BCUT2D eigenvalue weighted by Crippen LogP contribution is -2.32. The van der Waals surface area contributed by atoms with E-state index in [0.29, 0.717) is 12.2 Å². The molecule has 0 spiro atoms. The number of ether oxygens (including phenoxy) is 3. The van der Waals surface area contributed by atoms with Crippen molar-refractivity contribution in [3.8, 4) is 0 Å². The van der Waals surface area contributed by atoms with Crippen LogP contribution in [0, 0.1) is 0 Å². The Morgan fingerprint density at radius 2 is 1.67 bits per heavy atom. The summed E-state index contributed by atoms with van der Waals surface area (Å²) in [4.78, 5) is 50.4. The van der Waals surface area contributed by atoms with Crippen molar-refractivity contribution in [3.63, 3.8) is 0 Å². The quantitative estimate of drug-likeness (QED) is 0.661. The summed E-state index contributed by atoms with van der Waals surface area (Å²) < 4.78 is 15.2. The Morgan fingerprint density at radius 1 is 0.967 bits per heavy atom. The summed E-state index contributed by atoms with van der Waals surface area (Å²) in [6, 6.07) is 11.2. The van der Waals surface area contributed by atoms with Crippen molar-refractivity contribution in [1.82, 2.24) is 0 Å². The van der Waals surface area contributed by atoms with E-state index in [0.717, 1.165) is 6.26 Å². The Hall–Kier alpha value is -3.94. The summed E-state index contributed by atoms with van der Waals surface area (Å²) >= 11 is 0. The summed E-state index contributed by atoms with van der Waals surface area (Å²) in [5, 5.41) is 2.58. The van der Waals surface area contributed by atoms with Gasteiger partial charge in [0.15, 0.2) is 17.7 Å². The van der Waals surface area contributed by atoms with Gasteiger partial charge in [0.25, 0.3) is 5.91 Å². The van der Waals surface area contributed by atoms with Crippen molar-refractivity contribution in [2.24, 2.45) is 0 Å². The molecule has 1 aliphatic carbocycles. The minimum Gasteiger partial charge on any atom is -0.493 e. The SMILES string of the molecule is CC(OC(=O)C1=COCCO1)C(=O)Nc1cccc2c1C(=O)c1ccccc1C2=O. The molecule has 0 bridgehead atoms. The van der Waals surface area contributed by atoms with Gasteiger partial charge in [-0.05, 0) is 13.0 Å². The zero-order valence-corrected chi connectivity index (χ0v) is 16.0. The second-order valence-electron chi connectivity index (χ2n) is 6.67. The molecular weight excluding hydrogens is 390 g/mol. The molecule has 30 heavy (non-hydrogen) atoms. The monoisotopic (exact) mass is 407 g/mol. The van der Waals surface area contributed by atoms with E-state index in [1.807, 2.05) is 0 Å². The second kappa shape index (κ2) is 7.82. The number of rotatable bonds is 4. The maximum Gasteiger partial charge on any atom is 0.377 e. The van der Waals surface area contributed by atoms with Crippen LogP contribution in [0.3, 0.4) is 0 Å². The van der Waals surface area contributed by atoms with Crippen molar-refractivity contribution in [2.75, 3.05) is 18.5 Å². The maximum absolute atomic E-state index is 13.0. The van der Waals surface area contributed by atoms with Crippen molar-refractivity contribution < 1.29 is 33.4 Å². The number of nitrogens with one attached hydrogen (secondary N) is 1. The van der Waals surface area contributed by atoms with Gasteiger partial charge in [-0.2, -0.15) is 0 Å². The first-order valence-electron chi connectivity index (χ1n) is 9.25. The fraction of sp³-hybridized carbons (Fsp3) is 0.182. The molecule has 2 aromatic carbocycles. The average Bonchev–Trinajstić information content (AvgIpc) is 2.78. The minimum atomic E-state index is -1.18. The van der Waals surface area contributed by atoms with Gasteiger partial charge in [-0.3, -0.25) is 14.4 Å². The van der Waals surface area contributed by atoms with Crippen LogP contribution in [0.2, 0.25) is 0 Å². The normalized spacial score (nSPS) is 15.6. The third kappa shape index (κ3) is 3.43. The van der Waals surface area contributed by atoms with Crippen molar-refractivity contribution >= 4 is 29.1 Å². The fourth-order valence-electron chi connectivity index (χ4n) is 3.23. The average molecular weight is 407 g/mol. The highest BCUT2D eigenvalue weighted by atomic mass is 16.6. The van der Waals surface area contributed by atoms with Gasteiger partial charge in [0.2, 0.25) is 5.76 Å². The van der Waals surface area contributed by atoms with Gasteiger partial charge in [-0.1, -0.05) is 36.4 Å². The lowest BCUT2D eigenvalue weighted by atomic mass is 9.83. The van der Waals surface area contributed by atoms with Gasteiger partial charge in [-0.15, -0.1) is 0 Å². The number of amides is 1. The van der Waals surface area contributed by atoms with Crippen LogP contribution < -0.4 is 5.32 Å². The minimum absolute atomic E-state index is 0.111. The molecule has 4 rings (SSSR count). The summed E-state index contributed by atoms with van der Waals surface area (Å²) in [6.45, 7) is 1.91. The van der Waals surface area contributed by atoms with Gasteiger partial charge in [0, 0.05) is 16.7 Å². The van der Waals surface area contributed by atoms with Crippen molar-refractivity contribution in [1.29, 1.82) is 0 Å². The Kier molecular flexibility index (Phi) is 5.05. The van der Waals surface area contributed by atoms with Gasteiger partial charge < -0.3 is 19.5 Å². The third-order valence-corrected chi connectivity index (χ3v) is 4.71. The number of carbonyl (C=O) groups excluding carboxylic acids is 4. The molecule has 1 amide bonds. The number of carbonyl (C=O) groups is 4. The highest BCUT2D eigenvalue weighted by Crippen LogP contribution is 2.32. The summed E-state index contributed by atoms with van der Waals surface area (Å²) in [6.07, 6.45) is -0.0485. The molecule has 8 heteroatoms. The van der Waals surface area contributed by atoms with Crippen LogP contribution in [0.1, 0.15) is 38.8 Å². The van der Waals surface area contributed by atoms with Gasteiger partial charge in [-0.25, -0.2) is 4.79 Å². The largest absolute Gasteiger partial charge is 0.493 e. The highest BCUT2D eigenvalue weighted by molar-refractivity contribution is 6.30. The molecule has 0 saturated heterocycles. The van der Waals surface area contributed by atoms with E-state index in [1.165, 1.54) is 19.1 Å². The predicted octanol–water partition coefficient (Wildman–Crippen LogP) is 2.22. The first-order chi connectivity index (χ1) is 14.5. The van der Waals surface area contributed by atoms with Crippen LogP contribution in [-0.4, -0.2) is 42.8 Å². The van der Waals surface area contributed by atoms with Crippen LogP contribution in [-0.2, 0) is 23.8 Å². The van der Waals surface area contributed by atoms with Crippen molar-refractivity contribution in [2.45, 2.75) is 13.0 Å². The Bertz CT molecular complexity index is 1100. The smallest absolute Gasteiger partial charge is 0.377 e. The molecule has 1 atom stereocenters. The van der Waals surface area contributed by atoms with E-state index >= 15 is 0 Å². The van der Waals surface area contributed by atoms with Crippen LogP contribution in [0.25, 0.3) is 0 Å². The van der Waals surface area contributed by atoms with E-state index < -0.39 is 18.0 Å². The van der Waals surface area contributed by atoms with E-state index in [4.69, 9.17) is 14.2 Å². The zero-order chi connectivity index (χ0) is 21.3. The van der Waals surface area contributed by atoms with Crippen LogP contribution in [0.4, 0.5) is 5.69 Å². The van der Waals surface area contributed by atoms with Gasteiger partial charge in [0.05, 0.1) is 11.3 Å². The van der Waals surface area contributed by atoms with Crippen molar-refractivity contribution in [3.05, 3.63) is 76.7 Å². The summed E-state index contributed by atoms with van der Waals surface area (Å²) in [5.41, 5.74) is 1.09. The van der Waals surface area contributed by atoms with Crippen LogP contribution >= 0.6 is 0 Å². The number of esters is 1. The molecule has 1 heterocycles. The van der Waals surface area contributed by atoms with Gasteiger partial charge >= 0.3 is 5.97 Å². The molecule has 8 nitrogen and oxygen atoms in total. The molecule has 2 aliphatic rings. The molecule has 152 valence electrons. The molecule has 0 aromatic heterocycles. The number of anilines is 1. The number of fused-ring (bicyclic) bond motifs is 2. The standard InChI is InChI=1S/C22H17NO7/c1-12(30-22(27)17-11-28-9-10-29-17)21(26)23-16-8-4-7-15-18(16)20(25)14-6-3-2-5-13(14)19(15)24/h2-8,11-12H,9-10H2,1H3,(H,23,26). The molecule has 1 unspecified atom stereocenters. The number of ketones is 2. The van der Waals surface area contributed by atoms with E-state index in [1.54, 1.807) is 30.3 Å². The molecule has 0 radical (unpaired) electrons. The molecular formula is C22H17NO7. The first kappa shape index (κ1) is 19.4. The predicted molar refractivity (Wildman–Crippen MR) is 104 cm³/mol. The van der Waals surface area contributed by atoms with E-state index in [-0.39, 0.29) is 46.3 Å². The number of hydrogen-bond acceptors (Lipinski definition) is 7. The van der Waals surface area contributed by atoms with Gasteiger partial charge in [0.1, 0.15) is 19.5 Å². The molecule has 1 N–H and O–H groups in total. The lowest BCUT2D eigenvalue weighted by Gasteiger charge is -2.21. The number of benzene rings is 2. The highest BCUT2D eigenvalue weighted by Gasteiger charge is 2.32. The maximum atomic E-state index is 13.0. The summed E-state index contributed by atoms with van der Waals surface area (Å²) in [7, 11) is 0. The summed E-state index contributed by atoms with van der Waals surface area (Å²) in [5.74, 6) is -2.29. The Labute approximate surface area is 171 Å². The molecule has 2 aromatic rings. The van der Waals surface area contributed by atoms with Crippen LogP contribution in [0.15, 0.2) is 54.5 Å². The van der Waals surface area contributed by atoms with Crippen LogP contribution in [0.5, 0.6) is 0 Å². The van der Waals surface area contributed by atoms with E-state index in [2.05, 4.69) is 5.32 Å². The third-order valence-electron chi connectivity index (χ3n) is 4.71. The second-order valence-corrected chi connectivity index (χ2v) is 6.67. The first-order valence-corrected chi connectivity index (χ1v) is 9.25.